The molecule has 2 aromatic carbocycles. The van der Waals surface area contributed by atoms with Crippen molar-refractivity contribution in [2.75, 3.05) is 10.6 Å². The third kappa shape index (κ3) is 4.70. The van der Waals surface area contributed by atoms with Crippen molar-refractivity contribution in [2.24, 2.45) is 5.41 Å². The molecule has 2 aromatic heterocycles. The Morgan fingerprint density at radius 2 is 1.60 bits per heavy atom. The number of rotatable bonds is 6. The standard InChI is InChI=1S/C26H24N5O3P/c1-15-3-5-17(6-4-15)30-24(32)26(10-11-26)25(33)31-18-7-8-19(21(35)13-18)34-20-9-12-27-23-22(20)28-14-16(2)29-23/h3-9,12-14H,10-11,35H2,1-2H3,(H,30,32)(H,31,33). The van der Waals surface area contributed by atoms with Crippen LogP contribution in [0.5, 0.6) is 11.5 Å². The summed E-state index contributed by atoms with van der Waals surface area (Å²) in [5.41, 5.74) is 3.16. The lowest BCUT2D eigenvalue weighted by Crippen LogP contribution is -2.35. The van der Waals surface area contributed by atoms with Crippen molar-refractivity contribution in [3.05, 3.63) is 72.2 Å². The van der Waals surface area contributed by atoms with Gasteiger partial charge in [-0.1, -0.05) is 17.7 Å². The summed E-state index contributed by atoms with van der Waals surface area (Å²) in [6, 6.07) is 14.5. The number of fused-ring (bicyclic) bond motifs is 1. The zero-order valence-electron chi connectivity index (χ0n) is 19.3. The highest BCUT2D eigenvalue weighted by atomic mass is 31.0. The molecule has 2 heterocycles. The Kier molecular flexibility index (Phi) is 5.91. The minimum Gasteiger partial charge on any atom is -0.454 e. The van der Waals surface area contributed by atoms with E-state index >= 15 is 0 Å². The second-order valence-electron chi connectivity index (χ2n) is 8.70. The Morgan fingerprint density at radius 1 is 0.914 bits per heavy atom. The number of carbonyl (C=O) groups is 2. The maximum absolute atomic E-state index is 13.0. The van der Waals surface area contributed by atoms with E-state index in [1.807, 2.05) is 38.1 Å². The normalized spacial score (nSPS) is 13.8. The first kappa shape index (κ1) is 22.9. The van der Waals surface area contributed by atoms with Gasteiger partial charge in [-0.2, -0.15) is 0 Å². The highest BCUT2D eigenvalue weighted by Gasteiger charge is 2.56. The molecule has 4 aromatic rings. The zero-order chi connectivity index (χ0) is 24.6. The molecule has 0 saturated heterocycles. The first-order valence-corrected chi connectivity index (χ1v) is 11.8. The number of anilines is 2. The molecule has 2 amide bonds. The van der Waals surface area contributed by atoms with Crippen molar-refractivity contribution in [3.63, 3.8) is 0 Å². The van der Waals surface area contributed by atoms with Crippen LogP contribution >= 0.6 is 9.24 Å². The Labute approximate surface area is 204 Å². The van der Waals surface area contributed by atoms with E-state index < -0.39 is 5.41 Å². The van der Waals surface area contributed by atoms with Gasteiger partial charge in [-0.3, -0.25) is 9.59 Å². The summed E-state index contributed by atoms with van der Waals surface area (Å²) in [5, 5.41) is 6.49. The molecule has 0 spiro atoms. The number of benzene rings is 2. The number of carbonyl (C=O) groups excluding carboxylic acids is 2. The van der Waals surface area contributed by atoms with E-state index in [2.05, 4.69) is 34.8 Å². The molecule has 0 aliphatic heterocycles. The summed E-state index contributed by atoms with van der Waals surface area (Å²) in [5.74, 6) is 0.519. The van der Waals surface area contributed by atoms with Gasteiger partial charge in [0.1, 0.15) is 11.2 Å². The third-order valence-corrected chi connectivity index (χ3v) is 6.40. The minimum absolute atomic E-state index is 0.286. The van der Waals surface area contributed by atoms with Gasteiger partial charge < -0.3 is 15.4 Å². The van der Waals surface area contributed by atoms with Crippen LogP contribution in [0.3, 0.4) is 0 Å². The topological polar surface area (TPSA) is 106 Å². The van der Waals surface area contributed by atoms with Crippen LogP contribution in [0.4, 0.5) is 11.4 Å². The van der Waals surface area contributed by atoms with Gasteiger partial charge in [0.05, 0.1) is 5.69 Å². The van der Waals surface area contributed by atoms with Crippen LogP contribution in [0.25, 0.3) is 11.2 Å². The van der Waals surface area contributed by atoms with Crippen molar-refractivity contribution in [2.45, 2.75) is 26.7 Å². The number of nitrogens with zero attached hydrogens (tertiary/aromatic N) is 3. The molecule has 176 valence electrons. The number of hydrogen-bond donors (Lipinski definition) is 2. The van der Waals surface area contributed by atoms with Gasteiger partial charge in [-0.05, 0) is 57.0 Å². The lowest BCUT2D eigenvalue weighted by Gasteiger charge is -2.16. The first-order valence-electron chi connectivity index (χ1n) is 11.2. The molecule has 5 rings (SSSR count). The van der Waals surface area contributed by atoms with E-state index in [9.17, 15) is 9.59 Å². The summed E-state index contributed by atoms with van der Waals surface area (Å²) in [6.45, 7) is 3.83. The average molecular weight is 485 g/mol. The predicted molar refractivity (Wildman–Crippen MR) is 138 cm³/mol. The molecule has 1 saturated carbocycles. The van der Waals surface area contributed by atoms with E-state index in [1.54, 1.807) is 36.7 Å². The quantitative estimate of drug-likeness (QED) is 0.312. The second-order valence-corrected chi connectivity index (χ2v) is 9.33. The number of aryl methyl sites for hydroxylation is 2. The van der Waals surface area contributed by atoms with E-state index in [-0.39, 0.29) is 11.8 Å². The zero-order valence-corrected chi connectivity index (χ0v) is 20.5. The molecular weight excluding hydrogens is 461 g/mol. The van der Waals surface area contributed by atoms with Crippen LogP contribution in [0.15, 0.2) is 60.9 Å². The average Bonchev–Trinajstić information content (AvgIpc) is 3.65. The maximum atomic E-state index is 13.0. The number of nitrogens with one attached hydrogen (secondary N) is 2. The molecule has 8 nitrogen and oxygen atoms in total. The SMILES string of the molecule is Cc1ccc(NC(=O)C2(C(=O)Nc3ccc(Oc4ccnc5nc(C)cnc45)c(P)c3)CC2)cc1. The van der Waals surface area contributed by atoms with Gasteiger partial charge >= 0.3 is 0 Å². The highest BCUT2D eigenvalue weighted by Crippen LogP contribution is 2.47. The molecule has 1 unspecified atom stereocenters. The van der Waals surface area contributed by atoms with Crippen LogP contribution in [-0.4, -0.2) is 26.8 Å². The van der Waals surface area contributed by atoms with Gasteiger partial charge in [-0.25, -0.2) is 15.0 Å². The molecule has 0 radical (unpaired) electrons. The lowest BCUT2D eigenvalue weighted by molar-refractivity contribution is -0.131. The van der Waals surface area contributed by atoms with Gasteiger partial charge in [-0.15, -0.1) is 9.24 Å². The summed E-state index contributed by atoms with van der Waals surface area (Å²) < 4.78 is 6.07. The van der Waals surface area contributed by atoms with Gasteiger partial charge in [0.2, 0.25) is 11.8 Å². The molecule has 1 aliphatic rings. The Balaban J connectivity index is 1.29. The molecule has 0 bridgehead atoms. The monoisotopic (exact) mass is 485 g/mol. The van der Waals surface area contributed by atoms with Crippen molar-refractivity contribution in [3.8, 4) is 11.5 Å². The number of aromatic nitrogens is 3. The third-order valence-electron chi connectivity index (χ3n) is 5.95. The fraction of sp³-hybridized carbons (Fsp3) is 0.192. The van der Waals surface area contributed by atoms with Crippen molar-refractivity contribution < 1.29 is 14.3 Å². The molecule has 1 aliphatic carbocycles. The van der Waals surface area contributed by atoms with Gasteiger partial charge in [0.25, 0.3) is 0 Å². The van der Waals surface area contributed by atoms with Crippen LogP contribution in [0.1, 0.15) is 24.1 Å². The maximum Gasteiger partial charge on any atom is 0.240 e. The molecule has 1 atom stereocenters. The van der Waals surface area contributed by atoms with Crippen molar-refractivity contribution in [1.82, 2.24) is 15.0 Å². The number of amides is 2. The molecule has 9 heteroatoms. The first-order chi connectivity index (χ1) is 16.8. The fourth-order valence-corrected chi connectivity index (χ4v) is 4.06. The molecule has 2 N–H and O–H groups in total. The number of pyridine rings is 1. The van der Waals surface area contributed by atoms with E-state index in [0.717, 1.165) is 16.6 Å². The second kappa shape index (κ2) is 9.04. The fourth-order valence-electron chi connectivity index (χ4n) is 3.72. The van der Waals surface area contributed by atoms with Crippen LogP contribution in [0, 0.1) is 19.3 Å². The predicted octanol–water partition coefficient (Wildman–Crippen LogP) is 4.29. The number of hydrogen-bond acceptors (Lipinski definition) is 6. The summed E-state index contributed by atoms with van der Waals surface area (Å²) >= 11 is 0. The van der Waals surface area contributed by atoms with E-state index in [0.29, 0.717) is 46.9 Å². The Morgan fingerprint density at radius 3 is 2.29 bits per heavy atom. The molecule has 35 heavy (non-hydrogen) atoms. The summed E-state index contributed by atoms with van der Waals surface area (Å²) in [4.78, 5) is 38.9. The summed E-state index contributed by atoms with van der Waals surface area (Å²) in [7, 11) is 2.61. The van der Waals surface area contributed by atoms with Crippen LogP contribution < -0.4 is 20.7 Å². The van der Waals surface area contributed by atoms with Crippen molar-refractivity contribution in [1.29, 1.82) is 0 Å². The Bertz CT molecular complexity index is 1450. The van der Waals surface area contributed by atoms with Crippen LogP contribution in [0.2, 0.25) is 0 Å². The van der Waals surface area contributed by atoms with Crippen molar-refractivity contribution >= 4 is 48.9 Å². The lowest BCUT2D eigenvalue weighted by atomic mass is 10.0. The molecule has 1 fully saturated rings. The smallest absolute Gasteiger partial charge is 0.240 e. The number of ether oxygens (including phenoxy) is 1. The Hall–Kier alpha value is -3.90. The van der Waals surface area contributed by atoms with Gasteiger partial charge in [0, 0.05) is 35.1 Å². The summed E-state index contributed by atoms with van der Waals surface area (Å²) in [6.07, 6.45) is 4.32. The van der Waals surface area contributed by atoms with E-state index in [4.69, 9.17) is 4.74 Å². The minimum atomic E-state index is -1.05. The molecular formula is C26H24N5O3P. The largest absolute Gasteiger partial charge is 0.454 e. The van der Waals surface area contributed by atoms with E-state index in [1.165, 1.54) is 0 Å². The van der Waals surface area contributed by atoms with Crippen LogP contribution in [-0.2, 0) is 9.59 Å². The van der Waals surface area contributed by atoms with Gasteiger partial charge in [0.15, 0.2) is 16.9 Å². The highest BCUT2D eigenvalue weighted by molar-refractivity contribution is 7.27.